The Kier molecular flexibility index (Phi) is 32.8. The topological polar surface area (TPSA) is 64.6 Å². The summed E-state index contributed by atoms with van der Waals surface area (Å²) in [5.74, 6) is 1.79. The summed E-state index contributed by atoms with van der Waals surface area (Å²) in [6, 6.07) is 0. The third kappa shape index (κ3) is 26.6. The lowest BCUT2D eigenvalue weighted by Gasteiger charge is -2.30. The standard InChI is InChI=1S/C45H87NO4/c1-5-9-13-17-19-23-33-42(31-21-15-11-7-3)44(47)49-35-27-25-29-40-37-41(39-46-38-40)30-26-28-36-50-45(48)43(32-22-16-12-8-4)34-24-20-18-14-10-6-2/h40-43,46H,5-39H2,1-4H3. The number of carbonyl (C=O) groups excluding carboxylic acids is 2. The van der Waals surface area contributed by atoms with E-state index in [2.05, 4.69) is 33.0 Å². The van der Waals surface area contributed by atoms with Gasteiger partial charge in [0.25, 0.3) is 0 Å². The Hall–Kier alpha value is -1.10. The molecular weight excluding hydrogens is 618 g/mol. The Morgan fingerprint density at radius 1 is 0.460 bits per heavy atom. The lowest BCUT2D eigenvalue weighted by molar-refractivity contribution is -0.150. The number of carbonyl (C=O) groups is 2. The first-order valence-corrected chi connectivity index (χ1v) is 22.6. The molecule has 1 fully saturated rings. The number of ether oxygens (including phenoxy) is 2. The van der Waals surface area contributed by atoms with E-state index in [9.17, 15) is 9.59 Å². The maximum absolute atomic E-state index is 13.0. The van der Waals surface area contributed by atoms with Crippen molar-refractivity contribution in [2.75, 3.05) is 26.3 Å². The number of hydrogen-bond acceptors (Lipinski definition) is 5. The Morgan fingerprint density at radius 3 is 1.14 bits per heavy atom. The van der Waals surface area contributed by atoms with Crippen LogP contribution in [0.15, 0.2) is 0 Å². The molecule has 4 unspecified atom stereocenters. The molecule has 0 aromatic heterocycles. The normalized spacial score (nSPS) is 17.4. The second-order valence-corrected chi connectivity index (χ2v) is 16.2. The van der Waals surface area contributed by atoms with Crippen molar-refractivity contribution >= 4 is 11.9 Å². The van der Waals surface area contributed by atoms with E-state index in [1.807, 2.05) is 0 Å². The summed E-state index contributed by atoms with van der Waals surface area (Å²) < 4.78 is 11.7. The summed E-state index contributed by atoms with van der Waals surface area (Å²) in [5.41, 5.74) is 0. The number of hydrogen-bond donors (Lipinski definition) is 1. The molecule has 1 aliphatic rings. The van der Waals surface area contributed by atoms with Gasteiger partial charge in [-0.2, -0.15) is 0 Å². The molecule has 4 atom stereocenters. The van der Waals surface area contributed by atoms with E-state index in [1.165, 1.54) is 122 Å². The second kappa shape index (κ2) is 35.0. The zero-order chi connectivity index (χ0) is 36.3. The molecule has 0 amide bonds. The molecule has 5 heteroatoms. The van der Waals surface area contributed by atoms with Gasteiger partial charge in [0.1, 0.15) is 0 Å². The SMILES string of the molecule is CCCCCCCCC(CCCCCC)C(=O)OCCCCC1CNCC(CCCCOC(=O)C(CCCCCC)CCCCCCCC)C1. The first kappa shape index (κ1) is 46.9. The molecule has 50 heavy (non-hydrogen) atoms. The van der Waals surface area contributed by atoms with Gasteiger partial charge >= 0.3 is 11.9 Å². The highest BCUT2D eigenvalue weighted by Gasteiger charge is 2.23. The lowest BCUT2D eigenvalue weighted by Crippen LogP contribution is -2.36. The van der Waals surface area contributed by atoms with E-state index in [0.717, 1.165) is 102 Å². The van der Waals surface area contributed by atoms with Gasteiger partial charge in [-0.25, -0.2) is 0 Å². The summed E-state index contributed by atoms with van der Waals surface area (Å²) in [4.78, 5) is 26.0. The zero-order valence-corrected chi connectivity index (χ0v) is 34.2. The van der Waals surface area contributed by atoms with Crippen molar-refractivity contribution in [1.82, 2.24) is 5.32 Å². The van der Waals surface area contributed by atoms with Crippen molar-refractivity contribution in [1.29, 1.82) is 0 Å². The number of nitrogens with one attached hydrogen (secondary N) is 1. The minimum atomic E-state index is 0.0698. The Morgan fingerprint density at radius 2 is 0.780 bits per heavy atom. The maximum atomic E-state index is 13.0. The fourth-order valence-electron chi connectivity index (χ4n) is 7.96. The van der Waals surface area contributed by atoms with E-state index >= 15 is 0 Å². The van der Waals surface area contributed by atoms with Crippen LogP contribution in [-0.4, -0.2) is 38.2 Å². The average molecular weight is 706 g/mol. The van der Waals surface area contributed by atoms with Crippen molar-refractivity contribution in [3.8, 4) is 0 Å². The number of piperidine rings is 1. The van der Waals surface area contributed by atoms with E-state index in [0.29, 0.717) is 13.2 Å². The third-order valence-corrected chi connectivity index (χ3v) is 11.3. The van der Waals surface area contributed by atoms with Crippen molar-refractivity contribution in [3.63, 3.8) is 0 Å². The van der Waals surface area contributed by atoms with Crippen molar-refractivity contribution in [2.45, 2.75) is 227 Å². The van der Waals surface area contributed by atoms with Gasteiger partial charge in [-0.15, -0.1) is 0 Å². The summed E-state index contributed by atoms with van der Waals surface area (Å²) in [6.07, 6.45) is 37.1. The summed E-state index contributed by atoms with van der Waals surface area (Å²) in [7, 11) is 0. The van der Waals surface area contributed by atoms with E-state index in [1.54, 1.807) is 0 Å². The van der Waals surface area contributed by atoms with Crippen LogP contribution in [0, 0.1) is 23.7 Å². The van der Waals surface area contributed by atoms with Crippen molar-refractivity contribution < 1.29 is 19.1 Å². The van der Waals surface area contributed by atoms with Gasteiger partial charge in [-0.3, -0.25) is 9.59 Å². The molecular formula is C45H87NO4. The highest BCUT2D eigenvalue weighted by atomic mass is 16.5. The molecule has 0 aromatic rings. The molecule has 1 rings (SSSR count). The Labute approximate surface area is 312 Å². The number of esters is 2. The average Bonchev–Trinajstić information content (AvgIpc) is 3.12. The van der Waals surface area contributed by atoms with Gasteiger partial charge in [0, 0.05) is 0 Å². The van der Waals surface area contributed by atoms with Crippen LogP contribution in [0.5, 0.6) is 0 Å². The first-order valence-electron chi connectivity index (χ1n) is 22.6. The smallest absolute Gasteiger partial charge is 0.308 e. The first-order chi connectivity index (χ1) is 24.5. The lowest BCUT2D eigenvalue weighted by atomic mass is 9.84. The van der Waals surface area contributed by atoms with Gasteiger partial charge in [0.05, 0.1) is 25.0 Å². The summed E-state index contributed by atoms with van der Waals surface area (Å²) in [6.45, 7) is 12.4. The Balaban J connectivity index is 2.26. The van der Waals surface area contributed by atoms with Gasteiger partial charge < -0.3 is 14.8 Å². The summed E-state index contributed by atoms with van der Waals surface area (Å²) >= 11 is 0. The van der Waals surface area contributed by atoms with Crippen LogP contribution in [-0.2, 0) is 19.1 Å². The minimum Gasteiger partial charge on any atom is -0.465 e. The molecule has 0 aliphatic carbocycles. The molecule has 296 valence electrons. The van der Waals surface area contributed by atoms with Gasteiger partial charge in [0.2, 0.25) is 0 Å². The highest BCUT2D eigenvalue weighted by Crippen LogP contribution is 2.26. The predicted molar refractivity (Wildman–Crippen MR) is 215 cm³/mol. The second-order valence-electron chi connectivity index (χ2n) is 16.2. The fourth-order valence-corrected chi connectivity index (χ4v) is 7.96. The van der Waals surface area contributed by atoms with Crippen LogP contribution in [0.4, 0.5) is 0 Å². The summed E-state index contributed by atoms with van der Waals surface area (Å²) in [5, 5.41) is 3.69. The number of unbranched alkanes of at least 4 members (excludes halogenated alkanes) is 18. The van der Waals surface area contributed by atoms with Gasteiger partial charge in [-0.05, 0) is 95.6 Å². The molecule has 0 aromatic carbocycles. The molecule has 1 N–H and O–H groups in total. The van der Waals surface area contributed by atoms with Crippen LogP contribution in [0.1, 0.15) is 227 Å². The quantitative estimate of drug-likeness (QED) is 0.0519. The monoisotopic (exact) mass is 706 g/mol. The van der Waals surface area contributed by atoms with E-state index < -0.39 is 0 Å². The fraction of sp³-hybridized carbons (Fsp3) is 0.956. The molecule has 0 spiro atoms. The molecule has 0 radical (unpaired) electrons. The van der Waals surface area contributed by atoms with Crippen LogP contribution in [0.25, 0.3) is 0 Å². The minimum absolute atomic E-state index is 0.0698. The van der Waals surface area contributed by atoms with Crippen LogP contribution < -0.4 is 5.32 Å². The van der Waals surface area contributed by atoms with Gasteiger partial charge in [-0.1, -0.05) is 156 Å². The van der Waals surface area contributed by atoms with Crippen molar-refractivity contribution in [3.05, 3.63) is 0 Å². The molecule has 0 saturated carbocycles. The number of rotatable bonds is 36. The van der Waals surface area contributed by atoms with E-state index in [-0.39, 0.29) is 23.8 Å². The van der Waals surface area contributed by atoms with Crippen LogP contribution >= 0.6 is 0 Å². The molecule has 0 bridgehead atoms. The maximum Gasteiger partial charge on any atom is 0.308 e. The largest absolute Gasteiger partial charge is 0.465 e. The predicted octanol–water partition coefficient (Wildman–Crippen LogP) is 13.3. The van der Waals surface area contributed by atoms with Crippen LogP contribution in [0.3, 0.4) is 0 Å². The van der Waals surface area contributed by atoms with Crippen molar-refractivity contribution in [2.24, 2.45) is 23.7 Å². The van der Waals surface area contributed by atoms with Crippen LogP contribution in [0.2, 0.25) is 0 Å². The molecule has 1 aliphatic heterocycles. The molecule has 1 heterocycles. The van der Waals surface area contributed by atoms with E-state index in [4.69, 9.17) is 9.47 Å². The third-order valence-electron chi connectivity index (χ3n) is 11.3. The highest BCUT2D eigenvalue weighted by molar-refractivity contribution is 5.72. The molecule has 5 nitrogen and oxygen atoms in total. The Bertz CT molecular complexity index is 697. The van der Waals surface area contributed by atoms with Gasteiger partial charge in [0.15, 0.2) is 0 Å². The molecule has 1 saturated heterocycles. The zero-order valence-electron chi connectivity index (χ0n) is 34.2.